The molecular formula is C21H24N2O4. The molecule has 1 aliphatic heterocycles. The summed E-state index contributed by atoms with van der Waals surface area (Å²) in [6.45, 7) is 5.93. The number of nitrogens with one attached hydrogen (secondary N) is 1. The van der Waals surface area contributed by atoms with Crippen molar-refractivity contribution in [3.05, 3.63) is 60.2 Å². The molecular weight excluding hydrogens is 344 g/mol. The molecule has 1 fully saturated rings. The molecule has 1 heterocycles. The van der Waals surface area contributed by atoms with Crippen molar-refractivity contribution in [2.24, 2.45) is 5.41 Å². The van der Waals surface area contributed by atoms with Crippen LogP contribution in [0, 0.1) is 5.41 Å². The molecule has 0 bridgehead atoms. The van der Waals surface area contributed by atoms with Crippen molar-refractivity contribution in [3.63, 3.8) is 0 Å². The van der Waals surface area contributed by atoms with E-state index in [9.17, 15) is 9.59 Å². The Morgan fingerprint density at radius 1 is 1.19 bits per heavy atom. The van der Waals surface area contributed by atoms with Gasteiger partial charge in [-0.2, -0.15) is 5.06 Å². The number of para-hydroxylation sites is 1. The Balaban J connectivity index is 1.74. The third kappa shape index (κ3) is 4.28. The Kier molecular flexibility index (Phi) is 5.46. The van der Waals surface area contributed by atoms with Crippen LogP contribution in [0.15, 0.2) is 54.6 Å². The zero-order valence-corrected chi connectivity index (χ0v) is 15.8. The molecule has 6 nitrogen and oxygen atoms in total. The lowest BCUT2D eigenvalue weighted by Gasteiger charge is -2.41. The number of esters is 1. The predicted molar refractivity (Wildman–Crippen MR) is 103 cm³/mol. The molecule has 1 amide bonds. The second-order valence-corrected chi connectivity index (χ2v) is 7.06. The van der Waals surface area contributed by atoms with Crippen molar-refractivity contribution in [1.82, 2.24) is 0 Å². The van der Waals surface area contributed by atoms with Crippen LogP contribution in [0.4, 0.5) is 11.4 Å². The van der Waals surface area contributed by atoms with E-state index in [1.807, 2.05) is 44.2 Å². The summed E-state index contributed by atoms with van der Waals surface area (Å²) >= 11 is 0. The molecule has 1 saturated heterocycles. The SMILES string of the molecule is CCOC(=O)c1ccc(NC2CC(C)(C)C(=O)N(c3ccccc3)O2)cc1. The summed E-state index contributed by atoms with van der Waals surface area (Å²) in [5, 5.41) is 4.64. The quantitative estimate of drug-likeness (QED) is 0.808. The number of hydrogen-bond acceptors (Lipinski definition) is 5. The number of benzene rings is 2. The summed E-state index contributed by atoms with van der Waals surface area (Å²) < 4.78 is 4.99. The summed E-state index contributed by atoms with van der Waals surface area (Å²) in [5.74, 6) is -0.427. The van der Waals surface area contributed by atoms with Gasteiger partial charge in [0.05, 0.1) is 23.3 Å². The van der Waals surface area contributed by atoms with E-state index in [0.717, 1.165) is 5.69 Å². The third-order valence-electron chi connectivity index (χ3n) is 4.41. The highest BCUT2D eigenvalue weighted by molar-refractivity contribution is 5.96. The minimum absolute atomic E-state index is 0.0793. The Morgan fingerprint density at radius 2 is 1.85 bits per heavy atom. The fraction of sp³-hybridized carbons (Fsp3) is 0.333. The van der Waals surface area contributed by atoms with E-state index in [2.05, 4.69) is 5.32 Å². The Bertz CT molecular complexity index is 803. The predicted octanol–water partition coefficient (Wildman–Crippen LogP) is 4.00. The zero-order valence-electron chi connectivity index (χ0n) is 15.8. The summed E-state index contributed by atoms with van der Waals surface area (Å²) in [4.78, 5) is 30.4. The maximum atomic E-state index is 12.7. The zero-order chi connectivity index (χ0) is 19.4. The Labute approximate surface area is 159 Å². The van der Waals surface area contributed by atoms with Gasteiger partial charge in [0.1, 0.15) is 0 Å². The molecule has 0 saturated carbocycles. The van der Waals surface area contributed by atoms with Crippen molar-refractivity contribution in [1.29, 1.82) is 0 Å². The van der Waals surface area contributed by atoms with Crippen LogP contribution >= 0.6 is 0 Å². The molecule has 1 aliphatic rings. The van der Waals surface area contributed by atoms with E-state index in [-0.39, 0.29) is 18.1 Å². The molecule has 0 aromatic heterocycles. The lowest BCUT2D eigenvalue weighted by molar-refractivity contribution is -0.147. The lowest BCUT2D eigenvalue weighted by Crippen LogP contribution is -2.52. The van der Waals surface area contributed by atoms with Gasteiger partial charge in [0.15, 0.2) is 6.23 Å². The molecule has 6 heteroatoms. The van der Waals surface area contributed by atoms with E-state index in [0.29, 0.717) is 24.3 Å². The topological polar surface area (TPSA) is 67.9 Å². The van der Waals surface area contributed by atoms with Gasteiger partial charge >= 0.3 is 5.97 Å². The van der Waals surface area contributed by atoms with Crippen molar-refractivity contribution in [2.45, 2.75) is 33.4 Å². The van der Waals surface area contributed by atoms with E-state index in [1.54, 1.807) is 31.2 Å². The summed E-state index contributed by atoms with van der Waals surface area (Å²) in [6.07, 6.45) is 0.140. The average molecular weight is 368 g/mol. The first kappa shape index (κ1) is 18.9. The molecule has 2 aromatic rings. The number of hydroxylamine groups is 1. The van der Waals surface area contributed by atoms with E-state index >= 15 is 0 Å². The molecule has 2 aromatic carbocycles. The highest BCUT2D eigenvalue weighted by Gasteiger charge is 2.42. The number of anilines is 2. The maximum absolute atomic E-state index is 12.7. The minimum Gasteiger partial charge on any atom is -0.462 e. The van der Waals surface area contributed by atoms with Crippen molar-refractivity contribution < 1.29 is 19.2 Å². The molecule has 27 heavy (non-hydrogen) atoms. The number of nitrogens with zero attached hydrogens (tertiary/aromatic N) is 1. The number of carbonyl (C=O) groups excluding carboxylic acids is 2. The van der Waals surface area contributed by atoms with Crippen molar-refractivity contribution in [2.75, 3.05) is 17.0 Å². The van der Waals surface area contributed by atoms with Crippen LogP contribution in [0.5, 0.6) is 0 Å². The highest BCUT2D eigenvalue weighted by Crippen LogP contribution is 2.35. The molecule has 142 valence electrons. The first-order chi connectivity index (χ1) is 12.9. The molecule has 0 aliphatic carbocycles. The van der Waals surface area contributed by atoms with Gasteiger partial charge in [0.2, 0.25) is 0 Å². The van der Waals surface area contributed by atoms with Crippen LogP contribution in [0.3, 0.4) is 0 Å². The van der Waals surface area contributed by atoms with Gasteiger partial charge in [-0.15, -0.1) is 0 Å². The summed E-state index contributed by atoms with van der Waals surface area (Å²) in [5.41, 5.74) is 1.41. The number of rotatable bonds is 5. The van der Waals surface area contributed by atoms with Crippen molar-refractivity contribution >= 4 is 23.3 Å². The molecule has 1 atom stereocenters. The van der Waals surface area contributed by atoms with Gasteiger partial charge in [-0.3, -0.25) is 4.79 Å². The number of amides is 1. The van der Waals surface area contributed by atoms with Crippen LogP contribution < -0.4 is 10.4 Å². The van der Waals surface area contributed by atoms with Crippen LogP contribution in [0.1, 0.15) is 37.6 Å². The van der Waals surface area contributed by atoms with Crippen LogP contribution in [-0.4, -0.2) is 24.7 Å². The van der Waals surface area contributed by atoms with Gasteiger partial charge in [-0.1, -0.05) is 32.0 Å². The van der Waals surface area contributed by atoms with E-state index in [4.69, 9.17) is 9.57 Å². The number of ether oxygens (including phenoxy) is 1. The second kappa shape index (κ2) is 7.80. The first-order valence-electron chi connectivity index (χ1n) is 9.01. The van der Waals surface area contributed by atoms with Crippen LogP contribution in [0.25, 0.3) is 0 Å². The highest BCUT2D eigenvalue weighted by atomic mass is 16.7. The fourth-order valence-corrected chi connectivity index (χ4v) is 2.96. The maximum Gasteiger partial charge on any atom is 0.338 e. The molecule has 1 unspecified atom stereocenters. The molecule has 0 radical (unpaired) electrons. The Hall–Kier alpha value is -2.86. The van der Waals surface area contributed by atoms with Crippen LogP contribution in [0.2, 0.25) is 0 Å². The van der Waals surface area contributed by atoms with Gasteiger partial charge in [0, 0.05) is 12.1 Å². The minimum atomic E-state index is -0.573. The monoisotopic (exact) mass is 368 g/mol. The summed E-state index contributed by atoms with van der Waals surface area (Å²) in [7, 11) is 0. The van der Waals surface area contributed by atoms with Gasteiger partial charge in [0.25, 0.3) is 5.91 Å². The number of carbonyl (C=O) groups is 2. The molecule has 3 rings (SSSR count). The average Bonchev–Trinajstić information content (AvgIpc) is 2.66. The first-order valence-corrected chi connectivity index (χ1v) is 9.01. The van der Waals surface area contributed by atoms with Gasteiger partial charge in [-0.25, -0.2) is 9.63 Å². The normalized spacial score (nSPS) is 18.9. The lowest BCUT2D eigenvalue weighted by atomic mass is 9.86. The van der Waals surface area contributed by atoms with Crippen LogP contribution in [-0.2, 0) is 14.4 Å². The molecule has 0 spiro atoms. The largest absolute Gasteiger partial charge is 0.462 e. The second-order valence-electron chi connectivity index (χ2n) is 7.06. The fourth-order valence-electron chi connectivity index (χ4n) is 2.96. The Morgan fingerprint density at radius 3 is 2.48 bits per heavy atom. The standard InChI is InChI=1S/C21H24N2O4/c1-4-26-19(24)15-10-12-16(13-11-15)22-18-14-21(2,3)20(25)23(27-18)17-8-6-5-7-9-17/h5-13,18,22H,4,14H2,1-3H3. The van der Waals surface area contributed by atoms with E-state index in [1.165, 1.54) is 5.06 Å². The van der Waals surface area contributed by atoms with Crippen molar-refractivity contribution in [3.8, 4) is 0 Å². The summed E-state index contributed by atoms with van der Waals surface area (Å²) in [6, 6.07) is 16.3. The smallest absolute Gasteiger partial charge is 0.338 e. The molecule has 1 N–H and O–H groups in total. The number of hydrogen-bond donors (Lipinski definition) is 1. The van der Waals surface area contributed by atoms with E-state index < -0.39 is 5.41 Å². The van der Waals surface area contributed by atoms with Gasteiger partial charge in [-0.05, 0) is 43.3 Å². The third-order valence-corrected chi connectivity index (χ3v) is 4.41. The van der Waals surface area contributed by atoms with Gasteiger partial charge < -0.3 is 10.1 Å².